The molecule has 72 valence electrons. The third-order valence-corrected chi connectivity index (χ3v) is 1.74. The van der Waals surface area contributed by atoms with Crippen molar-refractivity contribution in [3.8, 4) is 0 Å². The Bertz CT molecular complexity index is 334. The van der Waals surface area contributed by atoms with Gasteiger partial charge in [0.25, 0.3) is 0 Å². The van der Waals surface area contributed by atoms with Crippen LogP contribution in [-0.2, 0) is 27.0 Å². The summed E-state index contributed by atoms with van der Waals surface area (Å²) in [6.07, 6.45) is 0.856. The van der Waals surface area contributed by atoms with Gasteiger partial charge in [-0.1, -0.05) is 0 Å². The van der Waals surface area contributed by atoms with Crippen molar-refractivity contribution in [2.45, 2.75) is 11.5 Å². The van der Waals surface area contributed by atoms with Gasteiger partial charge in [0.05, 0.1) is 13.3 Å². The Morgan fingerprint density at radius 2 is 2.54 bits per heavy atom. The molecule has 0 aromatic carbocycles. The van der Waals surface area contributed by atoms with E-state index < -0.39 is 17.0 Å². The normalized spacial score (nSPS) is 12.5. The van der Waals surface area contributed by atoms with Crippen LogP contribution in [0.3, 0.4) is 0 Å². The number of methoxy groups -OCH3 is 1. The summed E-state index contributed by atoms with van der Waals surface area (Å²) in [7, 11) is 1.22. The lowest BCUT2D eigenvalue weighted by Gasteiger charge is -1.97. The first kappa shape index (κ1) is 9.87. The number of hydrogen-bond acceptors (Lipinski definition) is 6. The van der Waals surface area contributed by atoms with Crippen molar-refractivity contribution < 1.29 is 22.7 Å². The third kappa shape index (κ3) is 2.63. The summed E-state index contributed by atoms with van der Waals surface area (Å²) in [5.74, 6) is -0.517. The van der Waals surface area contributed by atoms with Crippen molar-refractivity contribution in [1.29, 1.82) is 0 Å². The number of carbonyl (C=O) groups is 1. The molecule has 0 fully saturated rings. The molecule has 0 amide bonds. The van der Waals surface area contributed by atoms with Crippen molar-refractivity contribution in [2.75, 3.05) is 7.11 Å². The van der Waals surface area contributed by atoms with E-state index in [0.29, 0.717) is 0 Å². The largest absolute Gasteiger partial charge is 0.766 e. The van der Waals surface area contributed by atoms with Gasteiger partial charge in [0.15, 0.2) is 5.09 Å². The van der Waals surface area contributed by atoms with Gasteiger partial charge in [-0.2, -0.15) is 0 Å². The van der Waals surface area contributed by atoms with Gasteiger partial charge in [-0.15, -0.1) is 0 Å². The average Bonchev–Trinajstić information content (AvgIpc) is 2.52. The van der Waals surface area contributed by atoms with E-state index in [4.69, 9.17) is 4.42 Å². The summed E-state index contributed by atoms with van der Waals surface area (Å²) < 4.78 is 29.7. The van der Waals surface area contributed by atoms with Crippen molar-refractivity contribution in [1.82, 2.24) is 4.98 Å². The molecule has 1 unspecified atom stereocenters. The highest BCUT2D eigenvalue weighted by atomic mass is 32.2. The smallest absolute Gasteiger partial charge is 0.314 e. The molecule has 0 bridgehead atoms. The molecule has 0 saturated carbocycles. The van der Waals surface area contributed by atoms with Crippen molar-refractivity contribution in [2.24, 2.45) is 0 Å². The van der Waals surface area contributed by atoms with Crippen molar-refractivity contribution >= 4 is 17.0 Å². The Labute approximate surface area is 76.2 Å². The number of ether oxygens (including phenoxy) is 1. The van der Waals surface area contributed by atoms with E-state index in [0.717, 1.165) is 6.20 Å². The van der Waals surface area contributed by atoms with Gasteiger partial charge in [0.2, 0.25) is 5.89 Å². The van der Waals surface area contributed by atoms with Crippen LogP contribution in [-0.4, -0.2) is 26.8 Å². The number of hydrogen-bond donors (Lipinski definition) is 0. The fraction of sp³-hybridized carbons (Fsp3) is 0.333. The lowest BCUT2D eigenvalue weighted by molar-refractivity contribution is -0.140. The molecule has 1 atom stereocenters. The second-order valence-corrected chi connectivity index (χ2v) is 2.93. The maximum atomic E-state index is 10.7. The number of carbonyl (C=O) groups excluding carboxylic acids is 1. The molecule has 0 N–H and O–H groups in total. The quantitative estimate of drug-likeness (QED) is 0.492. The Morgan fingerprint density at radius 3 is 3.00 bits per heavy atom. The van der Waals surface area contributed by atoms with E-state index in [-0.39, 0.29) is 17.4 Å². The van der Waals surface area contributed by atoms with Crippen molar-refractivity contribution in [3.05, 3.63) is 12.1 Å². The predicted molar refractivity (Wildman–Crippen MR) is 39.4 cm³/mol. The number of esters is 1. The van der Waals surface area contributed by atoms with Gasteiger partial charge in [-0.05, 0) is 0 Å². The maximum Gasteiger partial charge on any atom is 0.314 e. The zero-order valence-electron chi connectivity index (χ0n) is 6.68. The van der Waals surface area contributed by atoms with E-state index in [2.05, 4.69) is 9.72 Å². The molecule has 1 aromatic rings. The molecule has 0 saturated heterocycles. The standard InChI is InChI=1S/C6H7NO5S/c1-11-5(8)2-4-7-3-6(12-4)13(9)10/h3H,2H2,1H3,(H,9,10)/p-1. The number of oxazole rings is 1. The van der Waals surface area contributed by atoms with Crippen molar-refractivity contribution in [3.63, 3.8) is 0 Å². The Balaban J connectivity index is 2.69. The fourth-order valence-electron chi connectivity index (χ4n) is 0.648. The van der Waals surface area contributed by atoms with Crippen LogP contribution in [0.15, 0.2) is 15.7 Å². The van der Waals surface area contributed by atoms with Gasteiger partial charge in [0.1, 0.15) is 6.42 Å². The summed E-state index contributed by atoms with van der Waals surface area (Å²) in [6.45, 7) is 0. The van der Waals surface area contributed by atoms with E-state index in [1.165, 1.54) is 7.11 Å². The molecular weight excluding hydrogens is 198 g/mol. The highest BCUT2D eigenvalue weighted by Crippen LogP contribution is 2.07. The summed E-state index contributed by atoms with van der Waals surface area (Å²) in [5, 5.41) is -0.293. The molecule has 0 aliphatic rings. The van der Waals surface area contributed by atoms with Crippen LogP contribution in [0.4, 0.5) is 0 Å². The first-order valence-electron chi connectivity index (χ1n) is 3.24. The van der Waals surface area contributed by atoms with Crippen LogP contribution < -0.4 is 0 Å². The maximum absolute atomic E-state index is 10.7. The minimum atomic E-state index is -2.46. The van der Waals surface area contributed by atoms with Crippen LogP contribution in [0.25, 0.3) is 0 Å². The molecule has 1 aromatic heterocycles. The Kier molecular flexibility index (Phi) is 3.15. The van der Waals surface area contributed by atoms with Gasteiger partial charge in [-0.25, -0.2) is 4.98 Å². The van der Waals surface area contributed by atoms with E-state index in [9.17, 15) is 13.6 Å². The minimum Gasteiger partial charge on any atom is -0.766 e. The van der Waals surface area contributed by atoms with Gasteiger partial charge in [0, 0.05) is 11.1 Å². The van der Waals surface area contributed by atoms with Crippen LogP contribution in [0.5, 0.6) is 0 Å². The average molecular weight is 204 g/mol. The molecule has 7 heteroatoms. The summed E-state index contributed by atoms with van der Waals surface area (Å²) >= 11 is -2.46. The predicted octanol–water partition coefficient (Wildman–Crippen LogP) is -0.372. The minimum absolute atomic E-state index is 0.0195. The summed E-state index contributed by atoms with van der Waals surface area (Å²) in [6, 6.07) is 0. The molecule has 0 aliphatic carbocycles. The number of rotatable bonds is 3. The van der Waals surface area contributed by atoms with E-state index in [1.807, 2.05) is 0 Å². The topological polar surface area (TPSA) is 92.5 Å². The highest BCUT2D eigenvalue weighted by Gasteiger charge is 2.09. The molecule has 13 heavy (non-hydrogen) atoms. The Morgan fingerprint density at radius 1 is 1.85 bits per heavy atom. The molecule has 0 aliphatic heterocycles. The van der Waals surface area contributed by atoms with E-state index in [1.54, 1.807) is 0 Å². The van der Waals surface area contributed by atoms with Crippen LogP contribution in [0.2, 0.25) is 0 Å². The zero-order chi connectivity index (χ0) is 9.84. The molecule has 6 nitrogen and oxygen atoms in total. The molecule has 0 spiro atoms. The van der Waals surface area contributed by atoms with Crippen LogP contribution in [0, 0.1) is 0 Å². The molecular formula is C6H6NO5S-. The van der Waals surface area contributed by atoms with Gasteiger partial charge >= 0.3 is 5.97 Å². The van der Waals surface area contributed by atoms with Gasteiger partial charge < -0.3 is 13.7 Å². The van der Waals surface area contributed by atoms with E-state index >= 15 is 0 Å². The van der Waals surface area contributed by atoms with Crippen LogP contribution in [0.1, 0.15) is 5.89 Å². The first-order valence-corrected chi connectivity index (χ1v) is 4.31. The highest BCUT2D eigenvalue weighted by molar-refractivity contribution is 7.79. The summed E-state index contributed by atoms with van der Waals surface area (Å²) in [5.41, 5.74) is 0. The number of nitrogens with zero attached hydrogens (tertiary/aromatic N) is 1. The summed E-state index contributed by atoms with van der Waals surface area (Å²) in [4.78, 5) is 14.2. The van der Waals surface area contributed by atoms with Crippen LogP contribution >= 0.6 is 0 Å². The lowest BCUT2D eigenvalue weighted by atomic mass is 10.4. The molecule has 1 rings (SSSR count). The SMILES string of the molecule is COC(=O)Cc1ncc(S(=O)[O-])o1. The first-order chi connectivity index (χ1) is 6.13. The monoisotopic (exact) mass is 204 g/mol. The molecule has 0 radical (unpaired) electrons. The lowest BCUT2D eigenvalue weighted by Crippen LogP contribution is -2.04. The van der Waals surface area contributed by atoms with Gasteiger partial charge in [-0.3, -0.25) is 9.00 Å². The second-order valence-electron chi connectivity index (χ2n) is 2.06. The second kappa shape index (κ2) is 4.15. The fourth-order valence-corrected chi connectivity index (χ4v) is 0.951. The molecule has 1 heterocycles. The Hall–Kier alpha value is -1.21. The number of aromatic nitrogens is 1. The zero-order valence-corrected chi connectivity index (χ0v) is 7.50. The third-order valence-electron chi connectivity index (χ3n) is 1.22.